The minimum atomic E-state index is -6.00. The Kier molecular flexibility index (Phi) is 23.3. The maximum atomic E-state index is 9.75. The van der Waals surface area contributed by atoms with Gasteiger partial charge in [-0.25, -0.2) is 15.3 Å². The first-order valence-corrected chi connectivity index (χ1v) is 13.7. The average molecular weight is 737 g/mol. The smallest absolute Gasteiger partial charge is 0.418 e. The standard InChI is InChI=1S/C9H10BN6.C9H21P.C3H6O.C2H4.BF4.Os/c1-4-11-14(7-1)10(15-8-2-5-12-15)16-9-3-6-13-16;1-7(2)10(8(3)4)9(5)6;1-3(2)4;1-2;2-1(3,4)5;/h1-10H;7-9H,1-6H3;1-2H3;1-2H2;;/q-1;;;;-1;+2/p+1. The number of nitrogens with zero attached hydrogens (tertiary/aromatic N) is 6. The van der Waals surface area contributed by atoms with Crippen molar-refractivity contribution >= 4 is 28.1 Å². The van der Waals surface area contributed by atoms with Crippen LogP contribution in [0.3, 0.4) is 0 Å². The van der Waals surface area contributed by atoms with E-state index in [9.17, 15) is 22.1 Å². The van der Waals surface area contributed by atoms with E-state index in [1.165, 1.54) is 13.8 Å². The molecule has 38 heavy (non-hydrogen) atoms. The largest absolute Gasteiger partial charge is 2.00 e. The van der Waals surface area contributed by atoms with Crippen molar-refractivity contribution in [2.45, 2.75) is 72.4 Å². The first-order valence-electron chi connectivity index (χ1n) is 12.0. The third-order valence-corrected chi connectivity index (χ3v) is 8.55. The monoisotopic (exact) mass is 739 g/mol. The molecule has 15 heteroatoms. The van der Waals surface area contributed by atoms with Gasteiger partial charge in [0, 0.05) is 26.5 Å². The Labute approximate surface area is 239 Å². The Balaban J connectivity index is -0.000000482. The van der Waals surface area contributed by atoms with Gasteiger partial charge in [-0.05, 0) is 92.2 Å². The number of ketones is 1. The van der Waals surface area contributed by atoms with E-state index in [4.69, 9.17) is 0 Å². The van der Waals surface area contributed by atoms with Crippen LogP contribution in [-0.2, 0) is 24.6 Å². The van der Waals surface area contributed by atoms with Gasteiger partial charge in [-0.2, -0.15) is 0 Å². The van der Waals surface area contributed by atoms with Crippen LogP contribution < -0.4 is 0 Å². The van der Waals surface area contributed by atoms with Crippen LogP contribution in [-0.4, -0.2) is 66.2 Å². The molecule has 3 rings (SSSR count). The van der Waals surface area contributed by atoms with Crippen LogP contribution in [0.2, 0.25) is 0 Å². The van der Waals surface area contributed by atoms with Crippen LogP contribution in [0.4, 0.5) is 17.3 Å². The van der Waals surface area contributed by atoms with Crippen molar-refractivity contribution in [1.29, 1.82) is 0 Å². The van der Waals surface area contributed by atoms with E-state index < -0.39 is 14.4 Å². The van der Waals surface area contributed by atoms with Crippen LogP contribution in [0, 0.1) is 0 Å². The molecule has 0 aromatic carbocycles. The average Bonchev–Trinajstić information content (AvgIpc) is 3.53. The van der Waals surface area contributed by atoms with Crippen molar-refractivity contribution in [3.63, 3.8) is 0 Å². The van der Waals surface area contributed by atoms with Gasteiger partial charge in [-0.1, -0.05) is 0 Å². The van der Waals surface area contributed by atoms with E-state index in [0.29, 0.717) is 0 Å². The molecule has 0 aliphatic carbocycles. The van der Waals surface area contributed by atoms with Gasteiger partial charge < -0.3 is 35.8 Å². The number of halogens is 4. The van der Waals surface area contributed by atoms with Crippen LogP contribution in [0.1, 0.15) is 55.4 Å². The molecule has 0 unspecified atom stereocenters. The molecule has 216 valence electrons. The van der Waals surface area contributed by atoms with Gasteiger partial charge >= 0.3 is 34.2 Å². The summed E-state index contributed by atoms with van der Waals surface area (Å²) in [7, 11) is -7.22. The maximum absolute atomic E-state index is 9.75. The van der Waals surface area contributed by atoms with Gasteiger partial charge in [0.25, 0.3) is 0 Å². The third kappa shape index (κ3) is 20.0. The number of carbonyl (C=O) groups excluding carboxylic acids is 1. The molecule has 3 heterocycles. The maximum Gasteiger partial charge on any atom is 2.00 e. The summed E-state index contributed by atoms with van der Waals surface area (Å²) in [6.07, 6.45) is 11.0. The van der Waals surface area contributed by atoms with Gasteiger partial charge in [-0.3, -0.25) is 0 Å². The molecule has 3 aromatic rings. The predicted molar refractivity (Wildman–Crippen MR) is 152 cm³/mol. The van der Waals surface area contributed by atoms with E-state index >= 15 is 0 Å². The molecule has 0 amide bonds. The Bertz CT molecular complexity index is 818. The zero-order chi connectivity index (χ0) is 29.2. The second kappa shape index (κ2) is 21.8. The molecule has 0 spiro atoms. The van der Waals surface area contributed by atoms with Gasteiger partial charge in [-0.15, -0.1) is 13.2 Å². The van der Waals surface area contributed by atoms with E-state index in [-0.39, 0.29) is 33.5 Å². The van der Waals surface area contributed by atoms with Crippen molar-refractivity contribution in [2.75, 3.05) is 0 Å². The number of rotatable bonds is 6. The van der Waals surface area contributed by atoms with Crippen molar-refractivity contribution in [1.82, 2.24) is 29.1 Å². The molecular formula is C23H42B2F4N6OOsP+. The van der Waals surface area contributed by atoms with Crippen molar-refractivity contribution in [3.8, 4) is 0 Å². The summed E-state index contributed by atoms with van der Waals surface area (Å²) in [5.74, 6) is 0.167. The molecular weight excluding hydrogens is 695 g/mol. The molecule has 0 aliphatic heterocycles. The summed E-state index contributed by atoms with van der Waals surface area (Å²) in [4.78, 5) is 9.44. The second-order valence-electron chi connectivity index (χ2n) is 8.93. The topological polar surface area (TPSA) is 70.5 Å². The Morgan fingerprint density at radius 2 is 0.947 bits per heavy atom. The zero-order valence-corrected chi connectivity index (χ0v) is 27.1. The summed E-state index contributed by atoms with van der Waals surface area (Å²) in [5.41, 5.74) is 2.81. The molecule has 0 saturated heterocycles. The summed E-state index contributed by atoms with van der Waals surface area (Å²) in [6, 6.07) is 5.69. The van der Waals surface area contributed by atoms with E-state index in [1.807, 2.05) is 50.6 Å². The fourth-order valence-electron chi connectivity index (χ4n) is 3.85. The molecule has 7 nitrogen and oxygen atoms in total. The SMILES string of the molecule is C=C.CC(C)=O.CC(C)[PH+](C(C)C)C(C)C.F[B-](F)(F)F.[Os+2].c1cnn([BH-](n2cccn2)n2cccn2)c1. The quantitative estimate of drug-likeness (QED) is 0.134. The Hall–Kier alpha value is -2.04. The normalized spacial score (nSPS) is 10.3. The van der Waals surface area contributed by atoms with Gasteiger partial charge in [0.05, 0.1) is 17.0 Å². The van der Waals surface area contributed by atoms with E-state index in [1.54, 1.807) is 18.6 Å². The molecule has 0 aliphatic rings. The van der Waals surface area contributed by atoms with Crippen LogP contribution in [0.15, 0.2) is 68.5 Å². The fourth-order valence-corrected chi connectivity index (χ4v) is 7.85. The molecule has 0 radical (unpaired) electrons. The summed E-state index contributed by atoms with van der Waals surface area (Å²) >= 11 is 0. The number of aromatic nitrogens is 6. The molecule has 3 aromatic heterocycles. The van der Waals surface area contributed by atoms with Gasteiger partial charge in [0.15, 0.2) is 0 Å². The summed E-state index contributed by atoms with van der Waals surface area (Å²) < 4.78 is 44.6. The van der Waals surface area contributed by atoms with Crippen LogP contribution in [0.5, 0.6) is 0 Å². The Morgan fingerprint density at radius 3 is 1.05 bits per heavy atom. The van der Waals surface area contributed by atoms with Gasteiger partial charge in [0.2, 0.25) is 0 Å². The molecule has 0 atom stereocenters. The van der Waals surface area contributed by atoms with Gasteiger partial charge in [0.1, 0.15) is 5.78 Å². The number of hydrogen-bond acceptors (Lipinski definition) is 4. The number of hydrogen-bond donors (Lipinski definition) is 0. The molecule has 0 fully saturated rings. The first kappa shape index (κ1) is 40.5. The minimum absolute atomic E-state index is 0. The second-order valence-corrected chi connectivity index (χ2v) is 13.4. The van der Waals surface area contributed by atoms with Crippen molar-refractivity contribution in [3.05, 3.63) is 68.5 Å². The number of Topliss-reactive ketones (excluding diaryl/α,β-unsaturated/α-hetero) is 1. The Morgan fingerprint density at radius 1 is 0.737 bits per heavy atom. The van der Waals surface area contributed by atoms with Crippen LogP contribution >= 0.6 is 7.92 Å². The summed E-state index contributed by atoms with van der Waals surface area (Å²) in [6.45, 7) is 23.3. The minimum Gasteiger partial charge on any atom is -0.418 e. The van der Waals surface area contributed by atoms with E-state index in [2.05, 4.69) is 70.0 Å². The van der Waals surface area contributed by atoms with Crippen molar-refractivity contribution < 1.29 is 41.8 Å². The zero-order valence-electron chi connectivity index (χ0n) is 23.6. The summed E-state index contributed by atoms with van der Waals surface area (Å²) in [5, 5.41) is 12.8. The number of carbonyl (C=O) groups is 1. The fraction of sp³-hybridized carbons (Fsp3) is 0.478. The molecule has 0 N–H and O–H groups in total. The third-order valence-electron chi connectivity index (χ3n) is 4.55. The molecule has 0 saturated carbocycles. The predicted octanol–water partition coefficient (Wildman–Crippen LogP) is 6.06. The van der Waals surface area contributed by atoms with Crippen molar-refractivity contribution in [2.24, 2.45) is 0 Å². The molecule has 0 bridgehead atoms. The van der Waals surface area contributed by atoms with Crippen LogP contribution in [0.25, 0.3) is 0 Å². The first-order chi connectivity index (χ1) is 17.1. The van der Waals surface area contributed by atoms with E-state index in [0.717, 1.165) is 17.0 Å².